The summed E-state index contributed by atoms with van der Waals surface area (Å²) in [4.78, 5) is 32.1. The van der Waals surface area contributed by atoms with E-state index >= 15 is 0 Å². The van der Waals surface area contributed by atoms with Crippen molar-refractivity contribution >= 4 is 23.7 Å². The van der Waals surface area contributed by atoms with Crippen molar-refractivity contribution in [3.8, 4) is 5.75 Å². The number of hydrogen-bond acceptors (Lipinski definition) is 6. The van der Waals surface area contributed by atoms with Crippen molar-refractivity contribution in [2.45, 2.75) is 19.4 Å². The van der Waals surface area contributed by atoms with Crippen LogP contribution < -0.4 is 9.73 Å². The van der Waals surface area contributed by atoms with E-state index in [0.29, 0.717) is 18.8 Å². The van der Waals surface area contributed by atoms with Crippen LogP contribution in [0.15, 0.2) is 59.7 Å². The quantitative estimate of drug-likeness (QED) is 0.664. The highest BCUT2D eigenvalue weighted by Gasteiger charge is 2.30. The smallest absolute Gasteiger partial charge is 0.389 e. The van der Waals surface area contributed by atoms with Gasteiger partial charge < -0.3 is 9.64 Å². The van der Waals surface area contributed by atoms with Gasteiger partial charge in [0.25, 0.3) is 0 Å². The van der Waals surface area contributed by atoms with E-state index in [2.05, 4.69) is 53.2 Å². The molecule has 1 unspecified atom stereocenters. The molecule has 34 heavy (non-hydrogen) atoms. The van der Waals surface area contributed by atoms with Crippen LogP contribution in [0.1, 0.15) is 25.0 Å². The number of amides is 2. The standard InChI is InChI=1S/C26H30N5O3.H2/c1-20-8-10-21(11-9-20)24-18-30(14-13-29(24)2)26(33)19-31-17-22(16-27-31)28-25(32)12-15-34-23-6-4-3-5-7-23;/h3-11,16-17,24H,12-15,18-19H2,1-2H3;1H/p+1. The van der Waals surface area contributed by atoms with E-state index in [9.17, 15) is 9.59 Å². The number of nitrogens with one attached hydrogen (secondary N) is 1. The van der Waals surface area contributed by atoms with Crippen molar-refractivity contribution in [1.82, 2.24) is 14.8 Å². The second-order valence-corrected chi connectivity index (χ2v) is 8.63. The summed E-state index contributed by atoms with van der Waals surface area (Å²) in [6, 6.07) is 18.0. The number of hydrogen-bond donors (Lipinski definition) is 1. The van der Waals surface area contributed by atoms with E-state index in [1.165, 1.54) is 11.1 Å². The molecular weight excluding hydrogens is 430 g/mol. The van der Waals surface area contributed by atoms with Crippen LogP contribution in [0.5, 0.6) is 5.75 Å². The van der Waals surface area contributed by atoms with Crippen LogP contribution >= 0.6 is 0 Å². The van der Waals surface area contributed by atoms with Crippen molar-refractivity contribution in [1.29, 1.82) is 0 Å². The summed E-state index contributed by atoms with van der Waals surface area (Å²) in [5.41, 5.74) is 3.00. The minimum Gasteiger partial charge on any atom is -0.493 e. The normalized spacial score (nSPS) is 19.6. The Morgan fingerprint density at radius 2 is 1.88 bits per heavy atom. The lowest BCUT2D eigenvalue weighted by Crippen LogP contribution is -2.78. The Balaban J connectivity index is 0.00000342. The van der Waals surface area contributed by atoms with Crippen molar-refractivity contribution in [2.75, 3.05) is 39.8 Å². The molecule has 1 radical (unpaired) electrons. The van der Waals surface area contributed by atoms with Crippen LogP contribution in [-0.4, -0.2) is 78.4 Å². The largest absolute Gasteiger partial charge is 0.493 e. The Labute approximate surface area is 202 Å². The van der Waals surface area contributed by atoms with Gasteiger partial charge in [-0.25, -0.2) is 4.79 Å². The molecule has 2 aromatic rings. The number of piperazine rings is 1. The van der Waals surface area contributed by atoms with Gasteiger partial charge in [-0.2, -0.15) is 10.1 Å². The van der Waals surface area contributed by atoms with Crippen LogP contribution in [0.4, 0.5) is 0 Å². The Kier molecular flexibility index (Phi) is 7.69. The first-order valence-corrected chi connectivity index (χ1v) is 11.5. The average molecular weight is 464 g/mol. The number of likely N-dealkylation sites (N-methyl/N-ethyl adjacent to an activating group) is 1. The van der Waals surface area contributed by atoms with Gasteiger partial charge in [-0.05, 0) is 31.7 Å². The number of rotatable bonds is 7. The van der Waals surface area contributed by atoms with Gasteiger partial charge in [0.1, 0.15) is 31.5 Å². The van der Waals surface area contributed by atoms with Gasteiger partial charge in [0.15, 0.2) is 6.54 Å². The van der Waals surface area contributed by atoms with Crippen molar-refractivity contribution < 1.29 is 20.7 Å². The van der Waals surface area contributed by atoms with E-state index in [1.807, 2.05) is 35.2 Å². The molecule has 2 aliphatic rings. The average Bonchev–Trinajstić information content (AvgIpc) is 3.27. The molecule has 4 rings (SSSR count). The first-order chi connectivity index (χ1) is 16.5. The fourth-order valence-corrected chi connectivity index (χ4v) is 4.00. The Morgan fingerprint density at radius 3 is 2.65 bits per heavy atom. The molecule has 179 valence electrons. The number of para-hydroxylation sites is 1. The summed E-state index contributed by atoms with van der Waals surface area (Å²) in [5, 5.41) is 5.81. The molecule has 1 fully saturated rings. The number of carbonyl (C=O) groups is 2. The maximum atomic E-state index is 13.0. The topological polar surface area (TPSA) is 79.4 Å². The minimum atomic E-state index is -0.165. The number of hydrazone groups is 1. The van der Waals surface area contributed by atoms with Crippen molar-refractivity contribution in [2.24, 2.45) is 5.10 Å². The van der Waals surface area contributed by atoms with Crippen LogP contribution in [0.3, 0.4) is 0 Å². The Morgan fingerprint density at radius 1 is 1.12 bits per heavy atom. The summed E-state index contributed by atoms with van der Waals surface area (Å²) < 4.78 is 5.56. The maximum absolute atomic E-state index is 13.0. The third kappa shape index (κ3) is 6.29. The molecule has 1 atom stereocenters. The van der Waals surface area contributed by atoms with E-state index < -0.39 is 0 Å². The zero-order valence-electron chi connectivity index (χ0n) is 19.7. The molecule has 1 N–H and O–H groups in total. The highest BCUT2D eigenvalue weighted by Crippen LogP contribution is 2.24. The van der Waals surface area contributed by atoms with Crippen LogP contribution in [0, 0.1) is 13.5 Å². The zero-order valence-corrected chi connectivity index (χ0v) is 19.7. The van der Waals surface area contributed by atoms with Gasteiger partial charge >= 0.3 is 5.91 Å². The molecule has 0 spiro atoms. The van der Waals surface area contributed by atoms with E-state index in [-0.39, 0.29) is 38.9 Å². The summed E-state index contributed by atoms with van der Waals surface area (Å²) >= 11 is 0. The fourth-order valence-electron chi connectivity index (χ4n) is 4.00. The second-order valence-electron chi connectivity index (χ2n) is 8.63. The molecule has 0 bridgehead atoms. The van der Waals surface area contributed by atoms with Gasteiger partial charge in [-0.15, -0.1) is 0 Å². The van der Waals surface area contributed by atoms with E-state index in [4.69, 9.17) is 4.74 Å². The van der Waals surface area contributed by atoms with Gasteiger partial charge in [-0.3, -0.25) is 14.7 Å². The molecule has 2 aromatic carbocycles. The third-order valence-electron chi connectivity index (χ3n) is 6.02. The van der Waals surface area contributed by atoms with Gasteiger partial charge in [-0.1, -0.05) is 48.0 Å². The Bertz CT molecular complexity index is 1060. The summed E-state index contributed by atoms with van der Waals surface area (Å²) in [6.45, 7) is 6.32. The second kappa shape index (κ2) is 11.1. The van der Waals surface area contributed by atoms with Gasteiger partial charge in [0.2, 0.25) is 11.6 Å². The number of benzene rings is 2. The molecule has 2 amide bonds. The minimum absolute atomic E-state index is 0. The number of ether oxygens (including phenoxy) is 1. The molecule has 0 aromatic heterocycles. The number of carbonyl (C=O) groups excluding carboxylic acids is 2. The molecule has 1 saturated heterocycles. The van der Waals surface area contributed by atoms with E-state index in [0.717, 1.165) is 12.3 Å². The van der Waals surface area contributed by atoms with Crippen LogP contribution in [0.2, 0.25) is 0 Å². The molecule has 8 nitrogen and oxygen atoms in total. The first-order valence-electron chi connectivity index (χ1n) is 11.5. The first kappa shape index (κ1) is 23.6. The zero-order chi connectivity index (χ0) is 23.9. The lowest BCUT2D eigenvalue weighted by atomic mass is 10.0. The number of aryl methyl sites for hydroxylation is 1. The van der Waals surface area contributed by atoms with E-state index in [1.54, 1.807) is 17.8 Å². The monoisotopic (exact) mass is 463 g/mol. The van der Waals surface area contributed by atoms with Crippen molar-refractivity contribution in [3.63, 3.8) is 0 Å². The molecule has 0 saturated carbocycles. The SMILES string of the molecule is Cc1ccc(C2CN(C(=O)CN3[CH]C(=[NH+]C(=O)CCOc4ccccc4)C=N3)CCN2C)cc1.[HH]. The molecular formula is C26H33N5O3+. The Hall–Kier alpha value is -3.52. The predicted molar refractivity (Wildman–Crippen MR) is 132 cm³/mol. The molecule has 2 aliphatic heterocycles. The molecule has 8 heteroatoms. The van der Waals surface area contributed by atoms with Crippen molar-refractivity contribution in [3.05, 3.63) is 72.3 Å². The highest BCUT2D eigenvalue weighted by molar-refractivity contribution is 6.33. The summed E-state index contributed by atoms with van der Waals surface area (Å²) in [5.74, 6) is 0.583. The lowest BCUT2D eigenvalue weighted by Gasteiger charge is -2.40. The maximum Gasteiger partial charge on any atom is 0.389 e. The third-order valence-corrected chi connectivity index (χ3v) is 6.02. The summed E-state index contributed by atoms with van der Waals surface area (Å²) in [7, 11) is 2.10. The van der Waals surface area contributed by atoms with Crippen LogP contribution in [-0.2, 0) is 9.59 Å². The van der Waals surface area contributed by atoms with Gasteiger partial charge in [0.05, 0.1) is 6.04 Å². The predicted octanol–water partition coefficient (Wildman–Crippen LogP) is 1.04. The van der Waals surface area contributed by atoms with Gasteiger partial charge in [0, 0.05) is 21.1 Å². The van der Waals surface area contributed by atoms with Crippen LogP contribution in [0.25, 0.3) is 0 Å². The highest BCUT2D eigenvalue weighted by atomic mass is 16.5. The molecule has 0 aliphatic carbocycles. The summed E-state index contributed by atoms with van der Waals surface area (Å²) in [6.07, 6.45) is 1.78. The fraction of sp³-hybridized carbons (Fsp3) is 0.346. The molecule has 2 heterocycles. The lowest BCUT2D eigenvalue weighted by molar-refractivity contribution is -0.376. The number of nitrogens with zero attached hydrogens (tertiary/aromatic N) is 4.